The van der Waals surface area contributed by atoms with Crippen LogP contribution < -0.4 is 10.5 Å². The van der Waals surface area contributed by atoms with E-state index in [0.717, 1.165) is 11.5 Å². The summed E-state index contributed by atoms with van der Waals surface area (Å²) in [6, 6.07) is 6.30. The summed E-state index contributed by atoms with van der Waals surface area (Å²) in [5, 5.41) is 0. The van der Waals surface area contributed by atoms with Gasteiger partial charge in [-0.15, -0.1) is 0 Å². The van der Waals surface area contributed by atoms with Gasteiger partial charge in [-0.25, -0.2) is 0 Å². The first-order valence-corrected chi connectivity index (χ1v) is 6.84. The third-order valence-electron chi connectivity index (χ3n) is 2.44. The summed E-state index contributed by atoms with van der Waals surface area (Å²) in [7, 11) is 1.72. The van der Waals surface area contributed by atoms with E-state index < -0.39 is 0 Å². The van der Waals surface area contributed by atoms with Crippen molar-refractivity contribution in [1.82, 2.24) is 0 Å². The second-order valence-electron chi connectivity index (χ2n) is 3.91. The first-order chi connectivity index (χ1) is 7.69. The number of rotatable bonds is 6. The van der Waals surface area contributed by atoms with Crippen molar-refractivity contribution < 1.29 is 4.74 Å². The van der Waals surface area contributed by atoms with Crippen LogP contribution in [0.25, 0.3) is 0 Å². The summed E-state index contributed by atoms with van der Waals surface area (Å²) in [6.07, 6.45) is 1.21. The van der Waals surface area contributed by atoms with Crippen molar-refractivity contribution in [3.05, 3.63) is 29.3 Å². The van der Waals surface area contributed by atoms with Crippen LogP contribution in [0.2, 0.25) is 0 Å². The maximum absolute atomic E-state index is 5.88. The Bertz CT molecular complexity index is 326. The molecule has 0 aliphatic carbocycles. The lowest BCUT2D eigenvalue weighted by Gasteiger charge is -2.12. The van der Waals surface area contributed by atoms with Crippen LogP contribution in [0.4, 0.5) is 0 Å². The van der Waals surface area contributed by atoms with E-state index in [9.17, 15) is 0 Å². The van der Waals surface area contributed by atoms with Gasteiger partial charge in [0.2, 0.25) is 0 Å². The molecule has 1 unspecified atom stereocenters. The van der Waals surface area contributed by atoms with Gasteiger partial charge in [-0.05, 0) is 36.8 Å². The van der Waals surface area contributed by atoms with Crippen molar-refractivity contribution in [2.75, 3.05) is 12.9 Å². The highest BCUT2D eigenvalue weighted by Gasteiger charge is 2.06. The Labute approximate surface area is 103 Å². The van der Waals surface area contributed by atoms with Gasteiger partial charge < -0.3 is 10.5 Å². The van der Waals surface area contributed by atoms with Crippen LogP contribution in [0.15, 0.2) is 18.2 Å². The predicted octanol–water partition coefficient (Wildman–Crippen LogP) is 3.36. The van der Waals surface area contributed by atoms with Gasteiger partial charge in [-0.2, -0.15) is 11.8 Å². The van der Waals surface area contributed by atoms with E-state index in [0.29, 0.717) is 0 Å². The number of hydrogen-bond donors (Lipinski definition) is 1. The van der Waals surface area contributed by atoms with E-state index in [1.54, 1.807) is 7.11 Å². The molecule has 0 aromatic heterocycles. The lowest BCUT2D eigenvalue weighted by Crippen LogP contribution is -2.05. The summed E-state index contributed by atoms with van der Waals surface area (Å²) in [5.74, 6) is 3.15. The van der Waals surface area contributed by atoms with Crippen molar-refractivity contribution in [1.29, 1.82) is 0 Å². The number of ether oxygens (including phenoxy) is 1. The molecular weight excluding hydrogens is 218 g/mol. The Morgan fingerprint density at radius 2 is 2.19 bits per heavy atom. The van der Waals surface area contributed by atoms with Crippen LogP contribution >= 0.6 is 11.8 Å². The third kappa shape index (κ3) is 3.72. The summed E-state index contributed by atoms with van der Waals surface area (Å²) >= 11 is 1.94. The molecule has 2 nitrogen and oxygen atoms in total. The van der Waals surface area contributed by atoms with Crippen molar-refractivity contribution in [3.63, 3.8) is 0 Å². The molecule has 0 heterocycles. The minimum absolute atomic E-state index is 0.0841. The van der Waals surface area contributed by atoms with Crippen molar-refractivity contribution in [2.24, 2.45) is 5.73 Å². The fraction of sp³-hybridized carbons (Fsp3) is 0.538. The number of hydrogen-bond acceptors (Lipinski definition) is 3. The van der Waals surface area contributed by atoms with Crippen LogP contribution in [0.1, 0.15) is 37.4 Å². The van der Waals surface area contributed by atoms with Crippen LogP contribution in [0.5, 0.6) is 5.75 Å². The molecule has 1 rings (SSSR count). The molecule has 2 N–H and O–H groups in total. The number of thioether (sulfide) groups is 1. The summed E-state index contributed by atoms with van der Waals surface area (Å²) < 4.78 is 5.36. The van der Waals surface area contributed by atoms with E-state index in [2.05, 4.69) is 13.0 Å². The van der Waals surface area contributed by atoms with E-state index in [4.69, 9.17) is 10.5 Å². The minimum atomic E-state index is 0.0841. The molecule has 0 saturated heterocycles. The highest BCUT2D eigenvalue weighted by molar-refractivity contribution is 7.98. The Morgan fingerprint density at radius 3 is 2.75 bits per heavy atom. The second-order valence-corrected chi connectivity index (χ2v) is 5.02. The molecule has 0 aliphatic heterocycles. The van der Waals surface area contributed by atoms with Gasteiger partial charge in [0.1, 0.15) is 5.75 Å². The summed E-state index contributed by atoms with van der Waals surface area (Å²) in [6.45, 7) is 4.20. The first-order valence-electron chi connectivity index (χ1n) is 5.69. The van der Waals surface area contributed by atoms with E-state index >= 15 is 0 Å². The lowest BCUT2D eigenvalue weighted by molar-refractivity contribution is 0.411. The van der Waals surface area contributed by atoms with Gasteiger partial charge in [0.15, 0.2) is 0 Å². The first kappa shape index (κ1) is 13.4. The molecule has 0 aliphatic rings. The molecule has 0 amide bonds. The average molecular weight is 239 g/mol. The maximum atomic E-state index is 5.88. The second kappa shape index (κ2) is 6.81. The number of nitrogens with two attached hydrogens (primary N) is 1. The molecule has 1 atom stereocenters. The molecule has 3 heteroatoms. The Balaban J connectivity index is 2.80. The molecule has 1 aromatic carbocycles. The largest absolute Gasteiger partial charge is 0.496 e. The Morgan fingerprint density at radius 1 is 1.44 bits per heavy atom. The van der Waals surface area contributed by atoms with Gasteiger partial charge in [0, 0.05) is 17.4 Å². The molecule has 0 bridgehead atoms. The number of benzene rings is 1. The zero-order valence-electron chi connectivity index (χ0n) is 10.3. The molecule has 0 spiro atoms. The normalized spacial score (nSPS) is 12.5. The molecule has 1 aromatic rings. The van der Waals surface area contributed by atoms with Gasteiger partial charge in [-0.3, -0.25) is 0 Å². The highest BCUT2D eigenvalue weighted by Crippen LogP contribution is 2.26. The third-order valence-corrected chi connectivity index (χ3v) is 3.65. The fourth-order valence-corrected chi connectivity index (χ4v) is 2.40. The Kier molecular flexibility index (Phi) is 5.71. The van der Waals surface area contributed by atoms with Crippen LogP contribution in [0.3, 0.4) is 0 Å². The van der Waals surface area contributed by atoms with Gasteiger partial charge in [0.25, 0.3) is 0 Å². The molecular formula is C13H21NOS. The van der Waals surface area contributed by atoms with Crippen LogP contribution in [0, 0.1) is 0 Å². The standard InChI is InChI=1S/C13H21NOS/c1-4-7-16-9-12-8-11(10(2)14)5-6-13(12)15-3/h5-6,8,10H,4,7,9,14H2,1-3H3. The van der Waals surface area contributed by atoms with E-state index in [1.807, 2.05) is 30.8 Å². The summed E-state index contributed by atoms with van der Waals surface area (Å²) in [4.78, 5) is 0. The summed E-state index contributed by atoms with van der Waals surface area (Å²) in [5.41, 5.74) is 8.30. The minimum Gasteiger partial charge on any atom is -0.496 e. The van der Waals surface area contributed by atoms with Gasteiger partial charge in [-0.1, -0.05) is 13.0 Å². The Hall–Kier alpha value is -0.670. The zero-order valence-corrected chi connectivity index (χ0v) is 11.1. The van der Waals surface area contributed by atoms with E-state index in [1.165, 1.54) is 23.3 Å². The van der Waals surface area contributed by atoms with E-state index in [-0.39, 0.29) is 6.04 Å². The molecule has 16 heavy (non-hydrogen) atoms. The van der Waals surface area contributed by atoms with Crippen LogP contribution in [-0.2, 0) is 5.75 Å². The topological polar surface area (TPSA) is 35.2 Å². The fourth-order valence-electron chi connectivity index (χ4n) is 1.52. The quantitative estimate of drug-likeness (QED) is 0.773. The highest BCUT2D eigenvalue weighted by atomic mass is 32.2. The van der Waals surface area contributed by atoms with Gasteiger partial charge in [0.05, 0.1) is 7.11 Å². The van der Waals surface area contributed by atoms with Crippen molar-refractivity contribution in [3.8, 4) is 5.75 Å². The lowest BCUT2D eigenvalue weighted by atomic mass is 10.1. The van der Waals surface area contributed by atoms with Crippen molar-refractivity contribution >= 4 is 11.8 Å². The smallest absolute Gasteiger partial charge is 0.122 e. The maximum Gasteiger partial charge on any atom is 0.122 e. The van der Waals surface area contributed by atoms with Crippen LogP contribution in [-0.4, -0.2) is 12.9 Å². The predicted molar refractivity (Wildman–Crippen MR) is 72.0 cm³/mol. The SMILES string of the molecule is CCCSCc1cc(C(C)N)ccc1OC. The van der Waals surface area contributed by atoms with Gasteiger partial charge >= 0.3 is 0 Å². The average Bonchev–Trinajstić information content (AvgIpc) is 2.29. The monoisotopic (exact) mass is 239 g/mol. The van der Waals surface area contributed by atoms with Crippen molar-refractivity contribution in [2.45, 2.75) is 32.1 Å². The zero-order chi connectivity index (χ0) is 12.0. The number of methoxy groups -OCH3 is 1. The molecule has 0 radical (unpaired) electrons. The molecule has 90 valence electrons. The molecule has 0 fully saturated rings. The molecule has 0 saturated carbocycles.